The molecule has 0 saturated carbocycles. The van der Waals surface area contributed by atoms with Crippen LogP contribution in [0.1, 0.15) is 21.8 Å². The highest BCUT2D eigenvalue weighted by atomic mass is 16.6. The summed E-state index contributed by atoms with van der Waals surface area (Å²) in [6.45, 7) is 1.23. The molecule has 0 bridgehead atoms. The molecule has 0 spiro atoms. The number of nitro benzene ring substituents is 1. The Morgan fingerprint density at radius 3 is 2.74 bits per heavy atom. The molecule has 0 aliphatic rings. The Bertz CT molecular complexity index is 998. The molecular formula is C18H15N3O6. The SMILES string of the molecule is COc1ccccc1-c1noc(COC(=O)c2cccc(C)c2[N+](=O)[O-])n1. The highest BCUT2D eigenvalue weighted by molar-refractivity contribution is 5.94. The Hall–Kier alpha value is -3.75. The lowest BCUT2D eigenvalue weighted by Crippen LogP contribution is -2.09. The Labute approximate surface area is 153 Å². The minimum Gasteiger partial charge on any atom is -0.496 e. The van der Waals surface area contributed by atoms with Crippen molar-refractivity contribution in [3.63, 3.8) is 0 Å². The number of nitrogens with zero attached hydrogens (tertiary/aromatic N) is 3. The van der Waals surface area contributed by atoms with Crippen LogP contribution in [-0.4, -0.2) is 28.1 Å². The topological polar surface area (TPSA) is 118 Å². The predicted molar refractivity (Wildman–Crippen MR) is 93.2 cm³/mol. The lowest BCUT2D eigenvalue weighted by Gasteiger charge is -2.05. The van der Waals surface area contributed by atoms with Gasteiger partial charge in [0.25, 0.3) is 11.6 Å². The molecular weight excluding hydrogens is 354 g/mol. The van der Waals surface area contributed by atoms with Crippen LogP contribution in [0.15, 0.2) is 47.0 Å². The number of aryl methyl sites for hydroxylation is 1. The van der Waals surface area contributed by atoms with Crippen molar-refractivity contribution in [1.82, 2.24) is 10.1 Å². The van der Waals surface area contributed by atoms with Crippen LogP contribution in [0.2, 0.25) is 0 Å². The van der Waals surface area contributed by atoms with Crippen LogP contribution in [0.25, 0.3) is 11.4 Å². The maximum Gasteiger partial charge on any atom is 0.345 e. The molecule has 1 aromatic heterocycles. The smallest absolute Gasteiger partial charge is 0.345 e. The van der Waals surface area contributed by atoms with Crippen molar-refractivity contribution < 1.29 is 23.7 Å². The van der Waals surface area contributed by atoms with Gasteiger partial charge in [0.1, 0.15) is 11.3 Å². The predicted octanol–water partition coefficient (Wildman–Crippen LogP) is 3.32. The average Bonchev–Trinajstić information content (AvgIpc) is 3.14. The summed E-state index contributed by atoms with van der Waals surface area (Å²) in [4.78, 5) is 27.0. The van der Waals surface area contributed by atoms with E-state index in [2.05, 4.69) is 10.1 Å². The molecule has 0 aliphatic carbocycles. The van der Waals surface area contributed by atoms with Gasteiger partial charge in [-0.25, -0.2) is 4.79 Å². The second-order valence-electron chi connectivity index (χ2n) is 5.52. The fourth-order valence-electron chi connectivity index (χ4n) is 2.52. The van der Waals surface area contributed by atoms with E-state index in [0.29, 0.717) is 16.9 Å². The number of ether oxygens (including phenoxy) is 2. The molecule has 3 rings (SSSR count). The minimum atomic E-state index is -0.845. The Kier molecular flexibility index (Phi) is 5.11. The Morgan fingerprint density at radius 2 is 2.00 bits per heavy atom. The van der Waals surface area contributed by atoms with Crippen LogP contribution in [0.3, 0.4) is 0 Å². The van der Waals surface area contributed by atoms with Crippen molar-refractivity contribution in [2.24, 2.45) is 0 Å². The van der Waals surface area contributed by atoms with Gasteiger partial charge in [0.15, 0.2) is 6.61 Å². The van der Waals surface area contributed by atoms with Crippen LogP contribution in [0.5, 0.6) is 5.75 Å². The van der Waals surface area contributed by atoms with Gasteiger partial charge in [0.2, 0.25) is 5.82 Å². The molecule has 0 N–H and O–H groups in total. The summed E-state index contributed by atoms with van der Waals surface area (Å²) in [5, 5.41) is 15.0. The van der Waals surface area contributed by atoms with Crippen LogP contribution in [0, 0.1) is 17.0 Å². The fourth-order valence-corrected chi connectivity index (χ4v) is 2.52. The van der Waals surface area contributed by atoms with E-state index in [-0.39, 0.29) is 29.6 Å². The van der Waals surface area contributed by atoms with Gasteiger partial charge in [-0.1, -0.05) is 29.4 Å². The van der Waals surface area contributed by atoms with E-state index in [1.165, 1.54) is 13.2 Å². The number of carbonyl (C=O) groups is 1. The summed E-state index contributed by atoms with van der Waals surface area (Å²) in [6.07, 6.45) is 0. The lowest BCUT2D eigenvalue weighted by molar-refractivity contribution is -0.385. The van der Waals surface area contributed by atoms with Crippen molar-refractivity contribution in [2.45, 2.75) is 13.5 Å². The van der Waals surface area contributed by atoms with Crippen LogP contribution in [-0.2, 0) is 11.3 Å². The van der Waals surface area contributed by atoms with Crippen molar-refractivity contribution >= 4 is 11.7 Å². The van der Waals surface area contributed by atoms with Crippen molar-refractivity contribution in [1.29, 1.82) is 0 Å². The molecule has 9 nitrogen and oxygen atoms in total. The number of carbonyl (C=O) groups excluding carboxylic acids is 1. The van der Waals surface area contributed by atoms with Gasteiger partial charge in [-0.2, -0.15) is 4.98 Å². The normalized spacial score (nSPS) is 10.4. The number of hydrogen-bond donors (Lipinski definition) is 0. The zero-order valence-electron chi connectivity index (χ0n) is 14.5. The molecule has 0 atom stereocenters. The van der Waals surface area contributed by atoms with Crippen molar-refractivity contribution in [2.75, 3.05) is 7.11 Å². The summed E-state index contributed by atoms with van der Waals surface area (Å²) in [5.74, 6) is 0.0549. The van der Waals surface area contributed by atoms with E-state index >= 15 is 0 Å². The molecule has 2 aromatic carbocycles. The van der Waals surface area contributed by atoms with Gasteiger partial charge in [-0.05, 0) is 25.1 Å². The van der Waals surface area contributed by atoms with E-state index in [9.17, 15) is 14.9 Å². The largest absolute Gasteiger partial charge is 0.496 e. The van der Waals surface area contributed by atoms with Crippen LogP contribution in [0.4, 0.5) is 5.69 Å². The maximum atomic E-state index is 12.2. The van der Waals surface area contributed by atoms with Gasteiger partial charge < -0.3 is 14.0 Å². The molecule has 0 saturated heterocycles. The number of esters is 1. The summed E-state index contributed by atoms with van der Waals surface area (Å²) >= 11 is 0. The average molecular weight is 369 g/mol. The summed E-state index contributed by atoms with van der Waals surface area (Å²) in [7, 11) is 1.52. The third-order valence-corrected chi connectivity index (χ3v) is 3.78. The molecule has 3 aromatic rings. The summed E-state index contributed by atoms with van der Waals surface area (Å²) in [6, 6.07) is 11.5. The van der Waals surface area contributed by atoms with E-state index in [1.54, 1.807) is 43.3 Å². The first-order valence-electron chi connectivity index (χ1n) is 7.88. The molecule has 0 fully saturated rings. The van der Waals surface area contributed by atoms with Crippen LogP contribution >= 0.6 is 0 Å². The van der Waals surface area contributed by atoms with E-state index in [0.717, 1.165) is 0 Å². The minimum absolute atomic E-state index is 0.0552. The van der Waals surface area contributed by atoms with Gasteiger partial charge in [-0.15, -0.1) is 0 Å². The first-order valence-corrected chi connectivity index (χ1v) is 7.88. The zero-order valence-corrected chi connectivity index (χ0v) is 14.5. The third-order valence-electron chi connectivity index (χ3n) is 3.78. The Morgan fingerprint density at radius 1 is 1.22 bits per heavy atom. The third kappa shape index (κ3) is 3.76. The zero-order chi connectivity index (χ0) is 19.4. The molecule has 138 valence electrons. The second-order valence-corrected chi connectivity index (χ2v) is 5.52. The van der Waals surface area contributed by atoms with Gasteiger partial charge in [-0.3, -0.25) is 10.1 Å². The molecule has 1 heterocycles. The molecule has 0 amide bonds. The highest BCUT2D eigenvalue weighted by Gasteiger charge is 2.24. The second kappa shape index (κ2) is 7.65. The number of rotatable bonds is 6. The number of benzene rings is 2. The molecule has 9 heteroatoms. The number of para-hydroxylation sites is 2. The van der Waals surface area contributed by atoms with Gasteiger partial charge >= 0.3 is 5.97 Å². The van der Waals surface area contributed by atoms with E-state index in [4.69, 9.17) is 14.0 Å². The number of nitro groups is 1. The fraction of sp³-hybridized carbons (Fsp3) is 0.167. The summed E-state index contributed by atoms with van der Waals surface area (Å²) in [5.41, 5.74) is 0.563. The number of hydrogen-bond acceptors (Lipinski definition) is 8. The first-order chi connectivity index (χ1) is 13.0. The molecule has 0 unspecified atom stereocenters. The standard InChI is InChI=1S/C18H15N3O6/c1-11-6-5-8-13(16(11)21(23)24)18(22)26-10-15-19-17(20-27-15)12-7-3-4-9-14(12)25-2/h3-9H,10H2,1-2H3. The van der Waals surface area contributed by atoms with Crippen LogP contribution < -0.4 is 4.74 Å². The number of methoxy groups -OCH3 is 1. The molecule has 27 heavy (non-hydrogen) atoms. The lowest BCUT2D eigenvalue weighted by atomic mass is 10.1. The van der Waals surface area contributed by atoms with E-state index in [1.807, 2.05) is 0 Å². The van der Waals surface area contributed by atoms with Gasteiger partial charge in [0.05, 0.1) is 17.6 Å². The highest BCUT2D eigenvalue weighted by Crippen LogP contribution is 2.27. The quantitative estimate of drug-likeness (QED) is 0.369. The van der Waals surface area contributed by atoms with E-state index < -0.39 is 10.9 Å². The maximum absolute atomic E-state index is 12.2. The summed E-state index contributed by atoms with van der Waals surface area (Å²) < 4.78 is 15.4. The Balaban J connectivity index is 1.75. The number of aromatic nitrogens is 2. The van der Waals surface area contributed by atoms with Gasteiger partial charge in [0, 0.05) is 5.56 Å². The molecule has 0 aliphatic heterocycles. The molecule has 0 radical (unpaired) electrons. The van der Waals surface area contributed by atoms with Crippen molar-refractivity contribution in [3.05, 3.63) is 69.6 Å². The van der Waals surface area contributed by atoms with Crippen molar-refractivity contribution in [3.8, 4) is 17.1 Å². The monoisotopic (exact) mass is 369 g/mol. The first kappa shape index (κ1) is 18.1.